The van der Waals surface area contributed by atoms with Crippen LogP contribution in [0.1, 0.15) is 33.8 Å². The van der Waals surface area contributed by atoms with E-state index in [1.807, 2.05) is 35.2 Å². The van der Waals surface area contributed by atoms with Crippen LogP contribution in [0, 0.1) is 0 Å². The molecule has 158 valence electrons. The zero-order valence-electron chi connectivity index (χ0n) is 17.2. The monoisotopic (exact) mass is 416 g/mol. The fourth-order valence-corrected chi connectivity index (χ4v) is 4.33. The first-order valence-corrected chi connectivity index (χ1v) is 10.6. The van der Waals surface area contributed by atoms with Crippen LogP contribution in [0.5, 0.6) is 0 Å². The first kappa shape index (κ1) is 19.5. The number of carbonyl (C=O) groups excluding carboxylic acids is 2. The zero-order chi connectivity index (χ0) is 21.2. The molecule has 3 fully saturated rings. The van der Waals surface area contributed by atoms with Crippen molar-refractivity contribution >= 4 is 17.5 Å². The summed E-state index contributed by atoms with van der Waals surface area (Å²) in [5.74, 6) is 0.800. The van der Waals surface area contributed by atoms with Crippen LogP contribution in [0.15, 0.2) is 65.3 Å². The van der Waals surface area contributed by atoms with Crippen LogP contribution in [0.2, 0.25) is 0 Å². The number of amides is 2. The van der Waals surface area contributed by atoms with E-state index in [-0.39, 0.29) is 11.8 Å². The van der Waals surface area contributed by atoms with Crippen LogP contribution in [0.3, 0.4) is 0 Å². The number of pyridine rings is 1. The van der Waals surface area contributed by atoms with Gasteiger partial charge in [0.05, 0.1) is 0 Å². The number of benzene rings is 1. The molecule has 1 N–H and O–H groups in total. The van der Waals surface area contributed by atoms with E-state index in [9.17, 15) is 9.59 Å². The third-order valence-corrected chi connectivity index (χ3v) is 6.10. The highest BCUT2D eigenvalue weighted by atomic mass is 16.4. The predicted molar refractivity (Wildman–Crippen MR) is 117 cm³/mol. The summed E-state index contributed by atoms with van der Waals surface area (Å²) in [6.07, 6.45) is 5.24. The third-order valence-electron chi connectivity index (χ3n) is 6.10. The van der Waals surface area contributed by atoms with Gasteiger partial charge in [-0.3, -0.25) is 14.6 Å². The predicted octanol–water partition coefficient (Wildman–Crippen LogP) is 3.51. The fraction of sp³-hybridized carbons (Fsp3) is 0.292. The number of piperidine rings is 1. The van der Waals surface area contributed by atoms with Crippen LogP contribution in [0.25, 0.3) is 11.3 Å². The molecule has 0 atom stereocenters. The van der Waals surface area contributed by atoms with E-state index in [0.29, 0.717) is 28.8 Å². The minimum absolute atomic E-state index is 0.0266. The highest BCUT2D eigenvalue weighted by molar-refractivity contribution is 6.04. The summed E-state index contributed by atoms with van der Waals surface area (Å²) in [5.41, 5.74) is 2.08. The molecule has 2 aromatic heterocycles. The highest BCUT2D eigenvalue weighted by Crippen LogP contribution is 2.27. The minimum Gasteiger partial charge on any atom is -0.451 e. The van der Waals surface area contributed by atoms with Gasteiger partial charge in [-0.05, 0) is 61.4 Å². The fourth-order valence-electron chi connectivity index (χ4n) is 4.33. The van der Waals surface area contributed by atoms with Gasteiger partial charge in [0.15, 0.2) is 5.76 Å². The standard InChI is InChI=1S/C24H24N4O3/c29-23(18-7-11-25-12-8-18)26-19-3-1-17(2-4-19)21-5-6-22(31-21)24(30)28-16-15-27-13-9-20(28)10-14-27/h1-8,11-12,20H,9-10,13-16H2,(H,26,29). The van der Waals surface area contributed by atoms with Gasteiger partial charge < -0.3 is 19.5 Å². The molecule has 31 heavy (non-hydrogen) atoms. The van der Waals surface area contributed by atoms with Crippen molar-refractivity contribution in [1.82, 2.24) is 14.8 Å². The number of anilines is 1. The van der Waals surface area contributed by atoms with E-state index in [0.717, 1.165) is 44.6 Å². The largest absolute Gasteiger partial charge is 0.451 e. The molecule has 7 nitrogen and oxygen atoms in total. The maximum absolute atomic E-state index is 13.1. The van der Waals surface area contributed by atoms with Crippen molar-refractivity contribution in [3.05, 3.63) is 72.2 Å². The van der Waals surface area contributed by atoms with Gasteiger partial charge in [-0.25, -0.2) is 0 Å². The van der Waals surface area contributed by atoms with Crippen molar-refractivity contribution in [1.29, 1.82) is 0 Å². The van der Waals surface area contributed by atoms with Gasteiger partial charge in [-0.2, -0.15) is 0 Å². The first-order chi connectivity index (χ1) is 15.2. The molecule has 0 unspecified atom stereocenters. The number of hydrogen-bond acceptors (Lipinski definition) is 5. The van der Waals surface area contributed by atoms with Gasteiger partial charge >= 0.3 is 0 Å². The van der Waals surface area contributed by atoms with Gasteiger partial charge in [0.2, 0.25) is 0 Å². The van der Waals surface area contributed by atoms with Gasteiger partial charge in [0.25, 0.3) is 11.8 Å². The number of rotatable bonds is 4. The summed E-state index contributed by atoms with van der Waals surface area (Å²) in [7, 11) is 0. The molecule has 5 heterocycles. The van der Waals surface area contributed by atoms with E-state index in [2.05, 4.69) is 15.2 Å². The molecule has 3 aromatic rings. The Morgan fingerprint density at radius 1 is 0.903 bits per heavy atom. The third kappa shape index (κ3) is 4.09. The van der Waals surface area contributed by atoms with Gasteiger partial charge in [-0.1, -0.05) is 0 Å². The number of aromatic nitrogens is 1. The molecule has 3 aliphatic heterocycles. The van der Waals surface area contributed by atoms with Crippen molar-refractivity contribution in [3.8, 4) is 11.3 Å². The molecule has 3 saturated heterocycles. The number of nitrogens with zero attached hydrogens (tertiary/aromatic N) is 3. The molecule has 7 heteroatoms. The quantitative estimate of drug-likeness (QED) is 0.704. The van der Waals surface area contributed by atoms with E-state index in [1.165, 1.54) is 0 Å². The van der Waals surface area contributed by atoms with Gasteiger partial charge in [0, 0.05) is 61.4 Å². The van der Waals surface area contributed by atoms with E-state index < -0.39 is 0 Å². The van der Waals surface area contributed by atoms with Crippen LogP contribution < -0.4 is 5.32 Å². The Balaban J connectivity index is 1.27. The second-order valence-electron chi connectivity index (χ2n) is 8.00. The Labute approximate surface area is 180 Å². The Kier molecular flexibility index (Phi) is 5.26. The lowest BCUT2D eigenvalue weighted by Crippen LogP contribution is -2.41. The molecule has 0 aliphatic carbocycles. The van der Waals surface area contributed by atoms with Crippen LogP contribution in [-0.2, 0) is 0 Å². The van der Waals surface area contributed by atoms with Gasteiger partial charge in [0.1, 0.15) is 5.76 Å². The lowest BCUT2D eigenvalue weighted by molar-refractivity contribution is 0.0653. The SMILES string of the molecule is O=C(Nc1ccc(-c2ccc(C(=O)N3CCN4CCC3CC4)o2)cc1)c1ccncc1. The Hall–Kier alpha value is -3.45. The Morgan fingerprint density at radius 2 is 1.65 bits per heavy atom. The molecule has 0 saturated carbocycles. The number of fused-ring (bicyclic) bond motifs is 4. The van der Waals surface area contributed by atoms with Crippen molar-refractivity contribution in [2.24, 2.45) is 0 Å². The first-order valence-electron chi connectivity index (χ1n) is 10.6. The summed E-state index contributed by atoms with van der Waals surface area (Å²) < 4.78 is 5.92. The normalized spacial score (nSPS) is 20.3. The van der Waals surface area contributed by atoms with Crippen molar-refractivity contribution in [3.63, 3.8) is 0 Å². The Bertz CT molecular complexity index is 1070. The smallest absolute Gasteiger partial charge is 0.289 e. The average Bonchev–Trinajstić information content (AvgIpc) is 3.12. The average molecular weight is 416 g/mol. The van der Waals surface area contributed by atoms with Crippen LogP contribution in [0.4, 0.5) is 5.69 Å². The van der Waals surface area contributed by atoms with E-state index in [1.54, 1.807) is 30.6 Å². The van der Waals surface area contributed by atoms with E-state index >= 15 is 0 Å². The lowest BCUT2D eigenvalue weighted by atomic mass is 10.1. The van der Waals surface area contributed by atoms with E-state index in [4.69, 9.17) is 4.42 Å². The molecule has 0 spiro atoms. The van der Waals surface area contributed by atoms with Crippen LogP contribution >= 0.6 is 0 Å². The summed E-state index contributed by atoms with van der Waals surface area (Å²) in [4.78, 5) is 33.7. The van der Waals surface area contributed by atoms with Gasteiger partial charge in [-0.15, -0.1) is 0 Å². The molecule has 0 radical (unpaired) electrons. The summed E-state index contributed by atoms with van der Waals surface area (Å²) >= 11 is 0. The summed E-state index contributed by atoms with van der Waals surface area (Å²) in [6.45, 7) is 3.83. The van der Waals surface area contributed by atoms with Crippen molar-refractivity contribution < 1.29 is 14.0 Å². The second kappa shape index (κ2) is 8.35. The topological polar surface area (TPSA) is 78.7 Å². The number of carbonyl (C=O) groups is 2. The molecule has 3 aliphatic rings. The Morgan fingerprint density at radius 3 is 2.39 bits per heavy atom. The number of nitrogens with one attached hydrogen (secondary N) is 1. The second-order valence-corrected chi connectivity index (χ2v) is 8.00. The molecular weight excluding hydrogens is 392 g/mol. The molecule has 2 amide bonds. The maximum atomic E-state index is 13.1. The molecule has 1 aromatic carbocycles. The number of furan rings is 1. The molecular formula is C24H24N4O3. The minimum atomic E-state index is -0.191. The zero-order valence-corrected chi connectivity index (χ0v) is 17.2. The maximum Gasteiger partial charge on any atom is 0.289 e. The van der Waals surface area contributed by atoms with Crippen LogP contribution in [-0.4, -0.2) is 58.8 Å². The molecule has 2 bridgehead atoms. The van der Waals surface area contributed by atoms with Crippen molar-refractivity contribution in [2.45, 2.75) is 18.9 Å². The number of hydrogen-bond donors (Lipinski definition) is 1. The summed E-state index contributed by atoms with van der Waals surface area (Å²) in [6, 6.07) is 14.6. The lowest BCUT2D eigenvalue weighted by Gasteiger charge is -2.30. The highest BCUT2D eigenvalue weighted by Gasteiger charge is 2.33. The summed E-state index contributed by atoms with van der Waals surface area (Å²) in [5, 5.41) is 2.86. The molecule has 6 rings (SSSR count). The van der Waals surface area contributed by atoms with Crippen molar-refractivity contribution in [2.75, 3.05) is 31.5 Å².